The molecule has 3 aromatic carbocycles. The summed E-state index contributed by atoms with van der Waals surface area (Å²) in [5.74, 6) is 1.40. The molecule has 146 valence electrons. The smallest absolute Gasteiger partial charge is 0.238 e. The summed E-state index contributed by atoms with van der Waals surface area (Å²) in [4.78, 5) is 23.2. The molecule has 1 aliphatic rings. The van der Waals surface area contributed by atoms with E-state index in [-0.39, 0.29) is 5.91 Å². The van der Waals surface area contributed by atoms with Crippen LogP contribution in [-0.4, -0.2) is 40.4 Å². The van der Waals surface area contributed by atoms with Gasteiger partial charge in [0.1, 0.15) is 5.82 Å². The molecule has 1 aromatic heterocycles. The summed E-state index contributed by atoms with van der Waals surface area (Å²) in [7, 11) is 0. The number of benzene rings is 3. The summed E-state index contributed by atoms with van der Waals surface area (Å²) in [6, 6.07) is 22.3. The molecule has 0 bridgehead atoms. The monoisotopic (exact) mass is 384 g/mol. The SMILES string of the molecule is O=C(CN1CCCC(c2nc3ccccc3[nH]2)C1)Nc1cccc2ccccc12. The maximum Gasteiger partial charge on any atom is 0.238 e. The van der Waals surface area contributed by atoms with E-state index in [0.717, 1.165) is 59.2 Å². The van der Waals surface area contributed by atoms with Gasteiger partial charge in [-0.3, -0.25) is 9.69 Å². The van der Waals surface area contributed by atoms with Gasteiger partial charge in [-0.1, -0.05) is 48.5 Å². The Morgan fingerprint density at radius 3 is 2.83 bits per heavy atom. The van der Waals surface area contributed by atoms with Crippen molar-refractivity contribution >= 4 is 33.4 Å². The molecular formula is C24H24N4O. The molecule has 2 N–H and O–H groups in total. The van der Waals surface area contributed by atoms with E-state index < -0.39 is 0 Å². The lowest BCUT2D eigenvalue weighted by molar-refractivity contribution is -0.117. The number of likely N-dealkylation sites (tertiary alicyclic amines) is 1. The minimum atomic E-state index is 0.0339. The van der Waals surface area contributed by atoms with Crippen LogP contribution in [0.1, 0.15) is 24.6 Å². The minimum absolute atomic E-state index is 0.0339. The third kappa shape index (κ3) is 3.74. The highest BCUT2D eigenvalue weighted by Crippen LogP contribution is 2.27. The molecule has 1 amide bonds. The molecular weight excluding hydrogens is 360 g/mol. The van der Waals surface area contributed by atoms with Gasteiger partial charge in [-0.25, -0.2) is 4.98 Å². The largest absolute Gasteiger partial charge is 0.342 e. The second kappa shape index (κ2) is 7.68. The van der Waals surface area contributed by atoms with Crippen LogP contribution in [0.15, 0.2) is 66.7 Å². The summed E-state index contributed by atoms with van der Waals surface area (Å²) in [6.07, 6.45) is 2.17. The lowest BCUT2D eigenvalue weighted by atomic mass is 9.97. The number of fused-ring (bicyclic) bond motifs is 2. The van der Waals surface area contributed by atoms with E-state index in [1.165, 1.54) is 0 Å². The highest BCUT2D eigenvalue weighted by atomic mass is 16.2. The van der Waals surface area contributed by atoms with Crippen LogP contribution in [0.5, 0.6) is 0 Å². The normalized spacial score (nSPS) is 17.6. The number of piperidine rings is 1. The van der Waals surface area contributed by atoms with E-state index in [1.54, 1.807) is 0 Å². The van der Waals surface area contributed by atoms with Crippen LogP contribution in [0.2, 0.25) is 0 Å². The molecule has 1 saturated heterocycles. The highest BCUT2D eigenvalue weighted by Gasteiger charge is 2.25. The summed E-state index contributed by atoms with van der Waals surface area (Å²) in [5.41, 5.74) is 2.96. The number of H-pyrrole nitrogens is 1. The standard InChI is InChI=1S/C24H24N4O/c29-23(25-20-13-5-8-17-7-1-2-10-19(17)20)16-28-14-6-9-18(15-28)24-26-21-11-3-4-12-22(21)27-24/h1-5,7-8,10-13,18H,6,9,14-16H2,(H,25,29)(H,26,27). The van der Waals surface area contributed by atoms with Crippen LogP contribution in [0, 0.1) is 0 Å². The zero-order valence-corrected chi connectivity index (χ0v) is 16.3. The molecule has 0 aliphatic carbocycles. The van der Waals surface area contributed by atoms with Gasteiger partial charge in [0.15, 0.2) is 0 Å². The first kappa shape index (κ1) is 17.9. The number of aromatic nitrogens is 2. The molecule has 1 fully saturated rings. The van der Waals surface area contributed by atoms with Crippen molar-refractivity contribution in [3.63, 3.8) is 0 Å². The lowest BCUT2D eigenvalue weighted by Gasteiger charge is -2.31. The molecule has 5 heteroatoms. The first-order chi connectivity index (χ1) is 14.3. The van der Waals surface area contributed by atoms with Gasteiger partial charge in [0.2, 0.25) is 5.91 Å². The Balaban J connectivity index is 1.27. The Morgan fingerprint density at radius 2 is 1.90 bits per heavy atom. The summed E-state index contributed by atoms with van der Waals surface area (Å²) < 4.78 is 0. The van der Waals surface area contributed by atoms with Gasteiger partial charge in [0.25, 0.3) is 0 Å². The lowest BCUT2D eigenvalue weighted by Crippen LogP contribution is -2.40. The number of para-hydroxylation sites is 2. The fraction of sp³-hybridized carbons (Fsp3) is 0.250. The number of aromatic amines is 1. The Hall–Kier alpha value is -3.18. The molecule has 0 saturated carbocycles. The van der Waals surface area contributed by atoms with E-state index >= 15 is 0 Å². The second-order valence-electron chi connectivity index (χ2n) is 7.79. The van der Waals surface area contributed by atoms with E-state index in [2.05, 4.69) is 33.4 Å². The topological polar surface area (TPSA) is 61.0 Å². The molecule has 29 heavy (non-hydrogen) atoms. The predicted octanol–water partition coefficient (Wildman–Crippen LogP) is 4.53. The summed E-state index contributed by atoms with van der Waals surface area (Å²) in [5, 5.41) is 5.31. The van der Waals surface area contributed by atoms with Crippen molar-refractivity contribution in [2.75, 3.05) is 25.0 Å². The number of carbonyl (C=O) groups is 1. The maximum atomic E-state index is 12.7. The fourth-order valence-electron chi connectivity index (χ4n) is 4.32. The van der Waals surface area contributed by atoms with Crippen molar-refractivity contribution in [2.24, 2.45) is 0 Å². The number of amides is 1. The quantitative estimate of drug-likeness (QED) is 0.543. The third-order valence-corrected chi connectivity index (χ3v) is 5.73. The number of nitrogens with one attached hydrogen (secondary N) is 2. The number of carbonyl (C=O) groups excluding carboxylic acids is 1. The van der Waals surface area contributed by atoms with E-state index in [0.29, 0.717) is 12.5 Å². The van der Waals surface area contributed by atoms with Crippen molar-refractivity contribution < 1.29 is 4.79 Å². The van der Waals surface area contributed by atoms with Gasteiger partial charge in [-0.05, 0) is 43.0 Å². The highest BCUT2D eigenvalue weighted by molar-refractivity contribution is 6.02. The van der Waals surface area contributed by atoms with Gasteiger partial charge in [-0.15, -0.1) is 0 Å². The maximum absolute atomic E-state index is 12.7. The Bertz CT molecular complexity index is 1130. The molecule has 0 spiro atoms. The predicted molar refractivity (Wildman–Crippen MR) is 117 cm³/mol. The number of hydrogen-bond acceptors (Lipinski definition) is 3. The Morgan fingerprint density at radius 1 is 1.07 bits per heavy atom. The zero-order chi connectivity index (χ0) is 19.6. The van der Waals surface area contributed by atoms with Crippen LogP contribution in [0.4, 0.5) is 5.69 Å². The summed E-state index contributed by atoms with van der Waals surface area (Å²) >= 11 is 0. The second-order valence-corrected chi connectivity index (χ2v) is 7.79. The Kier molecular flexibility index (Phi) is 4.74. The molecule has 2 heterocycles. The zero-order valence-electron chi connectivity index (χ0n) is 16.3. The van der Waals surface area contributed by atoms with Crippen molar-refractivity contribution in [1.29, 1.82) is 0 Å². The van der Waals surface area contributed by atoms with E-state index in [1.807, 2.05) is 48.5 Å². The molecule has 5 rings (SSSR count). The Labute approximate surface area is 169 Å². The average Bonchev–Trinajstić information content (AvgIpc) is 3.19. The number of anilines is 1. The fourth-order valence-corrected chi connectivity index (χ4v) is 4.32. The van der Waals surface area contributed by atoms with Crippen molar-refractivity contribution in [3.05, 3.63) is 72.6 Å². The molecule has 1 atom stereocenters. The van der Waals surface area contributed by atoms with Crippen LogP contribution < -0.4 is 5.32 Å². The van der Waals surface area contributed by atoms with Gasteiger partial charge in [0, 0.05) is 23.5 Å². The number of hydrogen-bond donors (Lipinski definition) is 2. The van der Waals surface area contributed by atoms with Crippen LogP contribution >= 0.6 is 0 Å². The third-order valence-electron chi connectivity index (χ3n) is 5.73. The van der Waals surface area contributed by atoms with E-state index in [4.69, 9.17) is 4.98 Å². The van der Waals surface area contributed by atoms with E-state index in [9.17, 15) is 4.79 Å². The van der Waals surface area contributed by atoms with Crippen LogP contribution in [0.3, 0.4) is 0 Å². The van der Waals surface area contributed by atoms with Crippen LogP contribution in [-0.2, 0) is 4.79 Å². The molecule has 1 unspecified atom stereocenters. The minimum Gasteiger partial charge on any atom is -0.342 e. The van der Waals surface area contributed by atoms with Gasteiger partial charge in [0.05, 0.1) is 17.6 Å². The van der Waals surface area contributed by atoms with Crippen molar-refractivity contribution in [1.82, 2.24) is 14.9 Å². The van der Waals surface area contributed by atoms with Gasteiger partial charge < -0.3 is 10.3 Å². The number of imidazole rings is 1. The number of rotatable bonds is 4. The summed E-state index contributed by atoms with van der Waals surface area (Å²) in [6.45, 7) is 2.20. The average molecular weight is 384 g/mol. The molecule has 1 aliphatic heterocycles. The molecule has 4 aromatic rings. The van der Waals surface area contributed by atoms with Crippen molar-refractivity contribution in [3.8, 4) is 0 Å². The van der Waals surface area contributed by atoms with Crippen LogP contribution in [0.25, 0.3) is 21.8 Å². The van der Waals surface area contributed by atoms with Gasteiger partial charge in [-0.2, -0.15) is 0 Å². The van der Waals surface area contributed by atoms with Gasteiger partial charge >= 0.3 is 0 Å². The number of nitrogens with zero attached hydrogens (tertiary/aromatic N) is 2. The molecule has 5 nitrogen and oxygen atoms in total. The first-order valence-electron chi connectivity index (χ1n) is 10.2. The first-order valence-corrected chi connectivity index (χ1v) is 10.2. The van der Waals surface area contributed by atoms with Crippen molar-refractivity contribution in [2.45, 2.75) is 18.8 Å². The molecule has 0 radical (unpaired) electrons.